The summed E-state index contributed by atoms with van der Waals surface area (Å²) >= 11 is 1.68. The molecule has 1 heterocycles. The molecule has 1 aromatic rings. The summed E-state index contributed by atoms with van der Waals surface area (Å²) in [6.07, 6.45) is 5.95. The predicted molar refractivity (Wildman–Crippen MR) is 70.7 cm³/mol. The van der Waals surface area contributed by atoms with E-state index in [-0.39, 0.29) is 0 Å². The summed E-state index contributed by atoms with van der Waals surface area (Å²) in [6, 6.07) is 0. The van der Waals surface area contributed by atoms with Gasteiger partial charge in [-0.25, -0.2) is 4.98 Å². The molecule has 1 aliphatic rings. The summed E-state index contributed by atoms with van der Waals surface area (Å²) in [5.41, 5.74) is -0.739. The van der Waals surface area contributed by atoms with Gasteiger partial charge in [-0.3, -0.25) is 4.79 Å². The number of nitrogens with zero attached hydrogens (tertiary/aromatic N) is 2. The normalized spacial score (nSPS) is 27.6. The fraction of sp³-hybridized carbons (Fsp3) is 0.667. The van der Waals surface area contributed by atoms with E-state index >= 15 is 0 Å². The molecule has 2 unspecified atom stereocenters. The third kappa shape index (κ3) is 2.54. The van der Waals surface area contributed by atoms with Crippen molar-refractivity contribution in [1.29, 1.82) is 0 Å². The van der Waals surface area contributed by atoms with Crippen molar-refractivity contribution in [2.24, 2.45) is 7.05 Å². The SMILES string of the molecule is CCNC1(C(=O)O)CCC(Sc2nccn2C)C1. The van der Waals surface area contributed by atoms with Crippen LogP contribution in [0.15, 0.2) is 17.6 Å². The van der Waals surface area contributed by atoms with Gasteiger partial charge in [-0.15, -0.1) is 0 Å². The number of aliphatic carboxylic acids is 1. The van der Waals surface area contributed by atoms with E-state index in [2.05, 4.69) is 10.3 Å². The largest absolute Gasteiger partial charge is 0.480 e. The number of imidazole rings is 1. The van der Waals surface area contributed by atoms with Gasteiger partial charge in [0.05, 0.1) is 0 Å². The number of rotatable bonds is 5. The quantitative estimate of drug-likeness (QED) is 0.848. The molecular weight excluding hydrogens is 250 g/mol. The van der Waals surface area contributed by atoms with Crippen LogP contribution in [0.4, 0.5) is 0 Å². The highest BCUT2D eigenvalue weighted by Crippen LogP contribution is 2.39. The van der Waals surface area contributed by atoms with Crippen molar-refractivity contribution in [2.75, 3.05) is 6.54 Å². The highest BCUT2D eigenvalue weighted by molar-refractivity contribution is 7.99. The molecule has 0 aromatic carbocycles. The Labute approximate surface area is 111 Å². The molecule has 1 saturated carbocycles. The summed E-state index contributed by atoms with van der Waals surface area (Å²) in [5.74, 6) is -0.729. The van der Waals surface area contributed by atoms with Crippen LogP contribution in [0.3, 0.4) is 0 Å². The molecule has 0 saturated heterocycles. The van der Waals surface area contributed by atoms with Gasteiger partial charge < -0.3 is 15.0 Å². The van der Waals surface area contributed by atoms with Crippen LogP contribution in [-0.2, 0) is 11.8 Å². The van der Waals surface area contributed by atoms with E-state index in [1.165, 1.54) is 0 Å². The topological polar surface area (TPSA) is 67.2 Å². The molecule has 5 nitrogen and oxygen atoms in total. The molecule has 0 spiro atoms. The zero-order chi connectivity index (χ0) is 13.2. The first-order valence-corrected chi connectivity index (χ1v) is 7.08. The van der Waals surface area contributed by atoms with Crippen LogP contribution in [0.5, 0.6) is 0 Å². The van der Waals surface area contributed by atoms with Gasteiger partial charge in [0.1, 0.15) is 5.54 Å². The number of nitrogens with one attached hydrogen (secondary N) is 1. The zero-order valence-corrected chi connectivity index (χ0v) is 11.5. The van der Waals surface area contributed by atoms with Gasteiger partial charge in [-0.2, -0.15) is 0 Å². The Hall–Kier alpha value is -1.01. The fourth-order valence-corrected chi connectivity index (χ4v) is 3.73. The minimum absolute atomic E-state index is 0.321. The van der Waals surface area contributed by atoms with Crippen molar-refractivity contribution in [3.63, 3.8) is 0 Å². The number of carbonyl (C=O) groups is 1. The maximum Gasteiger partial charge on any atom is 0.323 e. The van der Waals surface area contributed by atoms with Crippen molar-refractivity contribution >= 4 is 17.7 Å². The molecule has 2 rings (SSSR count). The minimum Gasteiger partial charge on any atom is -0.480 e. The maximum atomic E-state index is 11.4. The summed E-state index contributed by atoms with van der Waals surface area (Å²) in [5, 5.41) is 13.8. The summed E-state index contributed by atoms with van der Waals surface area (Å²) in [4.78, 5) is 15.7. The van der Waals surface area contributed by atoms with Gasteiger partial charge in [0.25, 0.3) is 0 Å². The number of likely N-dealkylation sites (N-methyl/N-ethyl adjacent to an activating group) is 1. The van der Waals surface area contributed by atoms with Crippen LogP contribution in [0.25, 0.3) is 0 Å². The predicted octanol–water partition coefficient (Wildman–Crippen LogP) is 1.50. The molecule has 18 heavy (non-hydrogen) atoms. The number of carboxylic acid groups (broad SMARTS) is 1. The van der Waals surface area contributed by atoms with E-state index in [0.717, 1.165) is 11.6 Å². The Morgan fingerprint density at radius 3 is 3.11 bits per heavy atom. The smallest absolute Gasteiger partial charge is 0.323 e. The third-order valence-electron chi connectivity index (χ3n) is 3.44. The Balaban J connectivity index is 2.03. The van der Waals surface area contributed by atoms with E-state index in [0.29, 0.717) is 24.6 Å². The molecule has 2 atom stereocenters. The van der Waals surface area contributed by atoms with Crippen LogP contribution in [-0.4, -0.2) is 38.0 Å². The molecule has 100 valence electrons. The first kappa shape index (κ1) is 13.4. The minimum atomic E-state index is -0.739. The second-order valence-electron chi connectivity index (χ2n) is 4.72. The molecular formula is C12H19N3O2S. The maximum absolute atomic E-state index is 11.4. The van der Waals surface area contributed by atoms with Gasteiger partial charge in [-0.1, -0.05) is 18.7 Å². The van der Waals surface area contributed by atoms with Crippen LogP contribution in [0.1, 0.15) is 26.2 Å². The lowest BCUT2D eigenvalue weighted by Crippen LogP contribution is -2.50. The second-order valence-corrected chi connectivity index (χ2v) is 5.99. The van der Waals surface area contributed by atoms with E-state index in [4.69, 9.17) is 0 Å². The van der Waals surface area contributed by atoms with E-state index in [1.807, 2.05) is 24.7 Å². The summed E-state index contributed by atoms with van der Waals surface area (Å²) < 4.78 is 1.97. The molecule has 0 radical (unpaired) electrons. The van der Waals surface area contributed by atoms with Crippen LogP contribution in [0.2, 0.25) is 0 Å². The molecule has 0 bridgehead atoms. The molecule has 2 N–H and O–H groups in total. The van der Waals surface area contributed by atoms with Gasteiger partial charge in [0, 0.05) is 24.7 Å². The monoisotopic (exact) mass is 269 g/mol. The summed E-state index contributed by atoms with van der Waals surface area (Å²) in [6.45, 7) is 2.63. The Morgan fingerprint density at radius 1 is 1.78 bits per heavy atom. The van der Waals surface area contributed by atoms with Crippen molar-refractivity contribution in [3.05, 3.63) is 12.4 Å². The van der Waals surface area contributed by atoms with Crippen LogP contribution >= 0.6 is 11.8 Å². The first-order chi connectivity index (χ1) is 8.57. The summed E-state index contributed by atoms with van der Waals surface area (Å²) in [7, 11) is 1.96. The average molecular weight is 269 g/mol. The number of aryl methyl sites for hydroxylation is 1. The lowest BCUT2D eigenvalue weighted by molar-refractivity contribution is -0.144. The zero-order valence-electron chi connectivity index (χ0n) is 10.7. The number of hydrogen-bond acceptors (Lipinski definition) is 4. The second kappa shape index (κ2) is 5.32. The first-order valence-electron chi connectivity index (χ1n) is 6.20. The van der Waals surface area contributed by atoms with Gasteiger partial charge in [-0.05, 0) is 25.8 Å². The van der Waals surface area contributed by atoms with E-state index in [1.54, 1.807) is 18.0 Å². The molecule has 1 aromatic heterocycles. The Kier molecular flexibility index (Phi) is 3.97. The van der Waals surface area contributed by atoms with Gasteiger partial charge in [0.2, 0.25) is 0 Å². The fourth-order valence-electron chi connectivity index (χ4n) is 2.48. The third-order valence-corrected chi connectivity index (χ3v) is 4.78. The van der Waals surface area contributed by atoms with Crippen molar-refractivity contribution in [2.45, 2.75) is 42.1 Å². The molecule has 0 amide bonds. The number of aromatic nitrogens is 2. The van der Waals surface area contributed by atoms with E-state index in [9.17, 15) is 9.90 Å². The van der Waals surface area contributed by atoms with Crippen molar-refractivity contribution < 1.29 is 9.90 Å². The lowest BCUT2D eigenvalue weighted by atomic mass is 9.98. The van der Waals surface area contributed by atoms with Crippen LogP contribution < -0.4 is 5.32 Å². The lowest BCUT2D eigenvalue weighted by Gasteiger charge is -2.25. The van der Waals surface area contributed by atoms with E-state index < -0.39 is 11.5 Å². The molecule has 1 aliphatic carbocycles. The Morgan fingerprint density at radius 2 is 2.56 bits per heavy atom. The molecule has 0 aliphatic heterocycles. The number of hydrogen-bond donors (Lipinski definition) is 2. The van der Waals surface area contributed by atoms with Crippen molar-refractivity contribution in [1.82, 2.24) is 14.9 Å². The van der Waals surface area contributed by atoms with Crippen LogP contribution in [0, 0.1) is 0 Å². The highest BCUT2D eigenvalue weighted by Gasteiger charge is 2.45. The molecule has 6 heteroatoms. The van der Waals surface area contributed by atoms with Gasteiger partial charge in [0.15, 0.2) is 5.16 Å². The average Bonchev–Trinajstić information content (AvgIpc) is 2.89. The number of carboxylic acids is 1. The number of thioether (sulfide) groups is 1. The standard InChI is InChI=1S/C12H19N3O2S/c1-3-14-12(10(16)17)5-4-9(8-12)18-11-13-6-7-15(11)2/h6-7,9,14H,3-5,8H2,1-2H3,(H,16,17). The Bertz CT molecular complexity index is 435. The highest BCUT2D eigenvalue weighted by atomic mass is 32.2. The van der Waals surface area contributed by atoms with Gasteiger partial charge >= 0.3 is 5.97 Å². The molecule has 1 fully saturated rings. The van der Waals surface area contributed by atoms with Crippen molar-refractivity contribution in [3.8, 4) is 0 Å².